The minimum absolute atomic E-state index is 0. The van der Waals surface area contributed by atoms with Crippen molar-refractivity contribution in [2.24, 2.45) is 0 Å². The third kappa shape index (κ3) is 6.51. The molecule has 0 spiro atoms. The van der Waals surface area contributed by atoms with Crippen LogP contribution in [0.2, 0.25) is 0 Å². The third-order valence-corrected chi connectivity index (χ3v) is 1.88. The lowest BCUT2D eigenvalue weighted by atomic mass is 10.1. The summed E-state index contributed by atoms with van der Waals surface area (Å²) in [6.45, 7) is 5.65. The highest BCUT2D eigenvalue weighted by molar-refractivity contribution is 7.59. The van der Waals surface area contributed by atoms with E-state index in [1.807, 2.05) is 51.1 Å². The van der Waals surface area contributed by atoms with Gasteiger partial charge in [-0.2, -0.15) is 13.5 Å². The fraction of sp³-hybridized carbons (Fsp3) is 0.462. The summed E-state index contributed by atoms with van der Waals surface area (Å²) in [6, 6.07) is 9.96. The molecule has 0 aliphatic heterocycles. The van der Waals surface area contributed by atoms with E-state index in [4.69, 9.17) is 4.74 Å². The van der Waals surface area contributed by atoms with Crippen LogP contribution in [0.1, 0.15) is 32.8 Å². The van der Waals surface area contributed by atoms with E-state index >= 15 is 0 Å². The van der Waals surface area contributed by atoms with E-state index in [-0.39, 0.29) is 25.1 Å². The van der Waals surface area contributed by atoms with E-state index < -0.39 is 0 Å². The Hall–Kier alpha value is -0.960. The molecule has 0 aliphatic rings. The first kappa shape index (κ1) is 15.0. The van der Waals surface area contributed by atoms with Crippen molar-refractivity contribution in [3.05, 3.63) is 35.9 Å². The monoisotopic (exact) mass is 240 g/mol. The molecule has 0 saturated carbocycles. The minimum atomic E-state index is -0.381. The molecule has 1 aromatic carbocycles. The number of hydrogen-bond acceptors (Lipinski definition) is 2. The molecule has 0 saturated heterocycles. The first-order valence-electron chi connectivity index (χ1n) is 5.23. The Balaban J connectivity index is 0.00000225. The van der Waals surface area contributed by atoms with Crippen LogP contribution in [0.25, 0.3) is 0 Å². The molecule has 0 aliphatic carbocycles. The second kappa shape index (κ2) is 6.59. The number of benzene rings is 1. The van der Waals surface area contributed by atoms with Gasteiger partial charge in [0.2, 0.25) is 0 Å². The Morgan fingerprint density at radius 3 is 2.25 bits per heavy atom. The van der Waals surface area contributed by atoms with Gasteiger partial charge in [0.05, 0.1) is 0 Å². The van der Waals surface area contributed by atoms with E-state index in [1.54, 1.807) is 0 Å². The third-order valence-electron chi connectivity index (χ3n) is 1.88. The summed E-state index contributed by atoms with van der Waals surface area (Å²) in [5.74, 6) is -0.133. The lowest BCUT2D eigenvalue weighted by molar-refractivity contribution is -0.154. The molecule has 0 atom stereocenters. The molecule has 0 bridgehead atoms. The Morgan fingerprint density at radius 2 is 1.75 bits per heavy atom. The molecule has 16 heavy (non-hydrogen) atoms. The van der Waals surface area contributed by atoms with Crippen molar-refractivity contribution in [2.45, 2.75) is 39.2 Å². The Labute approximate surface area is 104 Å². The van der Waals surface area contributed by atoms with Crippen molar-refractivity contribution in [1.29, 1.82) is 0 Å². The van der Waals surface area contributed by atoms with Crippen LogP contribution in [0.3, 0.4) is 0 Å². The normalized spacial score (nSPS) is 10.4. The summed E-state index contributed by atoms with van der Waals surface area (Å²) >= 11 is 0. The Bertz CT molecular complexity index is 314. The summed E-state index contributed by atoms with van der Waals surface area (Å²) in [6.07, 6.45) is 1.19. The average Bonchev–Trinajstić information content (AvgIpc) is 2.14. The predicted octanol–water partition coefficient (Wildman–Crippen LogP) is 3.07. The summed E-state index contributed by atoms with van der Waals surface area (Å²) < 4.78 is 5.22. The molecule has 90 valence electrons. The van der Waals surface area contributed by atoms with Gasteiger partial charge in [-0.1, -0.05) is 30.3 Å². The van der Waals surface area contributed by atoms with Gasteiger partial charge >= 0.3 is 5.97 Å². The summed E-state index contributed by atoms with van der Waals surface area (Å²) in [7, 11) is 0. The van der Waals surface area contributed by atoms with Crippen molar-refractivity contribution in [2.75, 3.05) is 0 Å². The maximum absolute atomic E-state index is 11.4. The van der Waals surface area contributed by atoms with Crippen LogP contribution in [0.5, 0.6) is 0 Å². The molecule has 0 amide bonds. The van der Waals surface area contributed by atoms with E-state index in [0.29, 0.717) is 6.42 Å². The zero-order valence-corrected chi connectivity index (χ0v) is 11.1. The molecule has 2 nitrogen and oxygen atoms in total. The van der Waals surface area contributed by atoms with Crippen molar-refractivity contribution >= 4 is 19.5 Å². The predicted molar refractivity (Wildman–Crippen MR) is 71.0 cm³/mol. The number of carbonyl (C=O) groups excluding carboxylic acids is 1. The molecule has 1 aromatic rings. The number of esters is 1. The number of carbonyl (C=O) groups is 1. The van der Waals surface area contributed by atoms with E-state index in [0.717, 1.165) is 6.42 Å². The highest BCUT2D eigenvalue weighted by atomic mass is 32.1. The lowest BCUT2D eigenvalue weighted by Crippen LogP contribution is -2.23. The maximum Gasteiger partial charge on any atom is 0.306 e. The van der Waals surface area contributed by atoms with Gasteiger partial charge in [-0.05, 0) is 32.8 Å². The summed E-state index contributed by atoms with van der Waals surface area (Å²) in [5.41, 5.74) is 0.789. The lowest BCUT2D eigenvalue weighted by Gasteiger charge is -2.19. The highest BCUT2D eigenvalue weighted by Crippen LogP contribution is 2.10. The Kier molecular flexibility index (Phi) is 6.19. The van der Waals surface area contributed by atoms with E-state index in [2.05, 4.69) is 0 Å². The van der Waals surface area contributed by atoms with Gasteiger partial charge in [-0.25, -0.2) is 0 Å². The van der Waals surface area contributed by atoms with Gasteiger partial charge in [0.1, 0.15) is 5.60 Å². The largest absolute Gasteiger partial charge is 0.460 e. The molecule has 0 N–H and O–H groups in total. The second-order valence-corrected chi connectivity index (χ2v) is 4.57. The van der Waals surface area contributed by atoms with Crippen molar-refractivity contribution in [3.63, 3.8) is 0 Å². The van der Waals surface area contributed by atoms with Crippen molar-refractivity contribution < 1.29 is 9.53 Å². The van der Waals surface area contributed by atoms with Crippen LogP contribution in [0.15, 0.2) is 30.3 Å². The van der Waals surface area contributed by atoms with Gasteiger partial charge < -0.3 is 4.74 Å². The standard InChI is InChI=1S/C13H18O2.H2S/c1-13(2,3)15-12(14)10-9-11-7-5-4-6-8-11;/h4-8H,9-10H2,1-3H3;1H2. The zero-order chi connectivity index (χ0) is 11.3. The minimum Gasteiger partial charge on any atom is -0.460 e. The molecule has 0 fully saturated rings. The molecule has 0 aromatic heterocycles. The molecule has 0 heterocycles. The molecule has 1 rings (SSSR count). The maximum atomic E-state index is 11.4. The van der Waals surface area contributed by atoms with Crippen LogP contribution in [-0.2, 0) is 16.0 Å². The summed E-state index contributed by atoms with van der Waals surface area (Å²) in [4.78, 5) is 11.4. The average molecular weight is 240 g/mol. The fourth-order valence-electron chi connectivity index (χ4n) is 1.28. The zero-order valence-electron chi connectivity index (χ0n) is 10.1. The highest BCUT2D eigenvalue weighted by Gasteiger charge is 2.15. The number of rotatable bonds is 3. The molecule has 3 heteroatoms. The van der Waals surface area contributed by atoms with Gasteiger partial charge in [0.15, 0.2) is 0 Å². The quantitative estimate of drug-likeness (QED) is 0.759. The van der Waals surface area contributed by atoms with Crippen molar-refractivity contribution in [1.82, 2.24) is 0 Å². The number of ether oxygens (including phenoxy) is 1. The van der Waals surface area contributed by atoms with Crippen LogP contribution in [0.4, 0.5) is 0 Å². The molecular weight excluding hydrogens is 220 g/mol. The van der Waals surface area contributed by atoms with Gasteiger partial charge in [-0.15, -0.1) is 0 Å². The van der Waals surface area contributed by atoms with Gasteiger partial charge in [-0.3, -0.25) is 4.79 Å². The number of aryl methyl sites for hydroxylation is 1. The first-order chi connectivity index (χ1) is 6.97. The van der Waals surface area contributed by atoms with Crippen LogP contribution >= 0.6 is 13.5 Å². The SMILES string of the molecule is CC(C)(C)OC(=O)CCc1ccccc1.S. The molecular formula is C13H20O2S. The molecule has 0 radical (unpaired) electrons. The van der Waals surface area contributed by atoms with Crippen LogP contribution in [0, 0.1) is 0 Å². The topological polar surface area (TPSA) is 26.3 Å². The van der Waals surface area contributed by atoms with Gasteiger partial charge in [0.25, 0.3) is 0 Å². The van der Waals surface area contributed by atoms with Crippen LogP contribution < -0.4 is 0 Å². The molecule has 0 unspecified atom stereocenters. The van der Waals surface area contributed by atoms with E-state index in [9.17, 15) is 4.79 Å². The van der Waals surface area contributed by atoms with Crippen molar-refractivity contribution in [3.8, 4) is 0 Å². The second-order valence-electron chi connectivity index (χ2n) is 4.57. The summed E-state index contributed by atoms with van der Waals surface area (Å²) in [5, 5.41) is 0. The van der Waals surface area contributed by atoms with E-state index in [1.165, 1.54) is 5.56 Å². The fourth-order valence-corrected chi connectivity index (χ4v) is 1.28. The van der Waals surface area contributed by atoms with Crippen LogP contribution in [-0.4, -0.2) is 11.6 Å². The smallest absolute Gasteiger partial charge is 0.306 e. The Morgan fingerprint density at radius 1 is 1.19 bits per heavy atom. The first-order valence-corrected chi connectivity index (χ1v) is 5.23. The van der Waals surface area contributed by atoms with Gasteiger partial charge in [0, 0.05) is 6.42 Å². The number of hydrogen-bond donors (Lipinski definition) is 0.